The van der Waals surface area contributed by atoms with Crippen LogP contribution in [0.2, 0.25) is 0 Å². The smallest absolute Gasteiger partial charge is 0.407 e. The van der Waals surface area contributed by atoms with Crippen LogP contribution in [0, 0.1) is 0 Å². The van der Waals surface area contributed by atoms with Crippen molar-refractivity contribution in [1.29, 1.82) is 0 Å². The Balaban J connectivity index is 2.04. The van der Waals surface area contributed by atoms with Crippen LogP contribution >= 0.6 is 0 Å². The van der Waals surface area contributed by atoms with Crippen LogP contribution < -0.4 is 4.90 Å². The number of carbonyl (C=O) groups excluding carboxylic acids is 1. The second-order valence-electron chi connectivity index (χ2n) is 5.36. The Hall–Kier alpha value is -2.24. The molecule has 2 amide bonds. The van der Waals surface area contributed by atoms with E-state index in [4.69, 9.17) is 5.11 Å². The maximum atomic E-state index is 12.5. The summed E-state index contributed by atoms with van der Waals surface area (Å²) in [4.78, 5) is 28.5. The van der Waals surface area contributed by atoms with Gasteiger partial charge in [0.15, 0.2) is 0 Å². The lowest BCUT2D eigenvalue weighted by Crippen LogP contribution is -2.36. The van der Waals surface area contributed by atoms with Crippen molar-refractivity contribution in [2.24, 2.45) is 0 Å². The fourth-order valence-electron chi connectivity index (χ4n) is 2.40. The van der Waals surface area contributed by atoms with E-state index in [9.17, 15) is 9.59 Å². The van der Waals surface area contributed by atoms with Gasteiger partial charge in [0.05, 0.1) is 0 Å². The zero-order valence-electron chi connectivity index (χ0n) is 12.5. The molecule has 1 aromatic carbocycles. The van der Waals surface area contributed by atoms with Gasteiger partial charge in [0.2, 0.25) is 0 Å². The zero-order valence-corrected chi connectivity index (χ0v) is 12.5. The van der Waals surface area contributed by atoms with Crippen LogP contribution in [0.4, 0.5) is 10.5 Å². The molecule has 114 valence electrons. The molecule has 1 N–H and O–H groups in total. The first-order valence-corrected chi connectivity index (χ1v) is 7.03. The van der Waals surface area contributed by atoms with E-state index >= 15 is 0 Å². The van der Waals surface area contributed by atoms with E-state index in [2.05, 4.69) is 0 Å². The van der Waals surface area contributed by atoms with Gasteiger partial charge >= 0.3 is 6.09 Å². The van der Waals surface area contributed by atoms with Crippen molar-refractivity contribution in [2.75, 3.05) is 45.2 Å². The topological polar surface area (TPSA) is 64.1 Å². The van der Waals surface area contributed by atoms with Gasteiger partial charge in [0, 0.05) is 51.5 Å². The molecule has 0 radical (unpaired) electrons. The monoisotopic (exact) mass is 291 g/mol. The molecule has 0 unspecified atom stereocenters. The Labute approximate surface area is 124 Å². The van der Waals surface area contributed by atoms with Gasteiger partial charge in [-0.2, -0.15) is 0 Å². The molecule has 6 heteroatoms. The van der Waals surface area contributed by atoms with E-state index in [1.807, 2.05) is 43.3 Å². The highest BCUT2D eigenvalue weighted by atomic mass is 16.4. The van der Waals surface area contributed by atoms with Gasteiger partial charge in [-0.25, -0.2) is 4.79 Å². The van der Waals surface area contributed by atoms with E-state index < -0.39 is 6.09 Å². The van der Waals surface area contributed by atoms with Crippen LogP contribution in [0.15, 0.2) is 24.3 Å². The van der Waals surface area contributed by atoms with Crippen molar-refractivity contribution in [3.63, 3.8) is 0 Å². The molecule has 1 saturated heterocycles. The largest absolute Gasteiger partial charge is 0.465 e. The summed E-state index contributed by atoms with van der Waals surface area (Å²) in [5.41, 5.74) is 1.68. The number of nitrogens with zero attached hydrogens (tertiary/aromatic N) is 3. The summed E-state index contributed by atoms with van der Waals surface area (Å²) in [5, 5.41) is 9.01. The third-order valence-electron chi connectivity index (χ3n) is 3.68. The van der Waals surface area contributed by atoms with E-state index in [0.717, 1.165) is 5.69 Å². The molecule has 1 aromatic rings. The molecule has 0 spiro atoms. The number of carbonyl (C=O) groups is 2. The van der Waals surface area contributed by atoms with Gasteiger partial charge in [0.25, 0.3) is 5.91 Å². The molecule has 21 heavy (non-hydrogen) atoms. The molecule has 1 fully saturated rings. The van der Waals surface area contributed by atoms with E-state index in [1.54, 1.807) is 4.90 Å². The van der Waals surface area contributed by atoms with Gasteiger partial charge in [-0.05, 0) is 30.7 Å². The van der Waals surface area contributed by atoms with Gasteiger partial charge < -0.3 is 19.8 Å². The van der Waals surface area contributed by atoms with Crippen molar-refractivity contribution in [2.45, 2.75) is 6.42 Å². The first-order chi connectivity index (χ1) is 9.99. The van der Waals surface area contributed by atoms with Gasteiger partial charge in [-0.15, -0.1) is 0 Å². The molecule has 1 heterocycles. The third kappa shape index (κ3) is 3.65. The SMILES string of the molecule is CN(C)c1ccc(C(=O)N2CCCN(C(=O)O)CC2)cc1. The highest BCUT2D eigenvalue weighted by molar-refractivity contribution is 5.94. The second-order valence-corrected chi connectivity index (χ2v) is 5.36. The molecular formula is C15H21N3O3. The first kappa shape index (κ1) is 15.2. The third-order valence-corrected chi connectivity index (χ3v) is 3.68. The van der Waals surface area contributed by atoms with E-state index in [0.29, 0.717) is 38.2 Å². The van der Waals surface area contributed by atoms with Crippen LogP contribution in [-0.2, 0) is 0 Å². The minimum atomic E-state index is -0.917. The highest BCUT2D eigenvalue weighted by Gasteiger charge is 2.22. The summed E-state index contributed by atoms with van der Waals surface area (Å²) in [6.45, 7) is 1.90. The van der Waals surface area contributed by atoms with Crippen molar-refractivity contribution in [3.8, 4) is 0 Å². The summed E-state index contributed by atoms with van der Waals surface area (Å²) in [6.07, 6.45) is -0.243. The Bertz CT molecular complexity index is 513. The Morgan fingerprint density at radius 2 is 1.57 bits per heavy atom. The molecule has 0 aliphatic carbocycles. The average molecular weight is 291 g/mol. The van der Waals surface area contributed by atoms with Crippen molar-refractivity contribution >= 4 is 17.7 Å². The molecule has 0 saturated carbocycles. The highest BCUT2D eigenvalue weighted by Crippen LogP contribution is 2.15. The zero-order chi connectivity index (χ0) is 15.4. The number of anilines is 1. The lowest BCUT2D eigenvalue weighted by atomic mass is 10.1. The summed E-state index contributed by atoms with van der Waals surface area (Å²) in [7, 11) is 3.90. The quantitative estimate of drug-likeness (QED) is 0.898. The average Bonchev–Trinajstić information content (AvgIpc) is 2.72. The lowest BCUT2D eigenvalue weighted by molar-refractivity contribution is 0.0759. The number of hydrogen-bond donors (Lipinski definition) is 1. The second kappa shape index (κ2) is 6.47. The summed E-state index contributed by atoms with van der Waals surface area (Å²) >= 11 is 0. The number of hydrogen-bond acceptors (Lipinski definition) is 3. The minimum absolute atomic E-state index is 0.0347. The molecule has 0 bridgehead atoms. The summed E-state index contributed by atoms with van der Waals surface area (Å²) < 4.78 is 0. The minimum Gasteiger partial charge on any atom is -0.465 e. The van der Waals surface area contributed by atoms with Gasteiger partial charge in [-0.3, -0.25) is 4.79 Å². The van der Waals surface area contributed by atoms with Crippen LogP contribution in [0.3, 0.4) is 0 Å². The number of rotatable bonds is 2. The van der Waals surface area contributed by atoms with Crippen molar-refractivity contribution in [3.05, 3.63) is 29.8 Å². The number of amides is 2. The van der Waals surface area contributed by atoms with Crippen LogP contribution in [0.1, 0.15) is 16.8 Å². The molecular weight excluding hydrogens is 270 g/mol. The van der Waals surface area contributed by atoms with Crippen molar-refractivity contribution in [1.82, 2.24) is 9.80 Å². The van der Waals surface area contributed by atoms with E-state index in [1.165, 1.54) is 4.90 Å². The molecule has 2 rings (SSSR count). The van der Waals surface area contributed by atoms with E-state index in [-0.39, 0.29) is 5.91 Å². The molecule has 1 aliphatic rings. The summed E-state index contributed by atoms with van der Waals surface area (Å²) in [6, 6.07) is 7.46. The number of carboxylic acid groups (broad SMARTS) is 1. The van der Waals surface area contributed by atoms with Crippen LogP contribution in [0.5, 0.6) is 0 Å². The Morgan fingerprint density at radius 1 is 1.00 bits per heavy atom. The predicted molar refractivity (Wildman–Crippen MR) is 80.9 cm³/mol. The van der Waals surface area contributed by atoms with Crippen molar-refractivity contribution < 1.29 is 14.7 Å². The molecule has 0 aromatic heterocycles. The maximum Gasteiger partial charge on any atom is 0.407 e. The lowest BCUT2D eigenvalue weighted by Gasteiger charge is -2.21. The normalized spacial score (nSPS) is 15.5. The maximum absolute atomic E-state index is 12.5. The van der Waals surface area contributed by atoms with Crippen LogP contribution in [0.25, 0.3) is 0 Å². The first-order valence-electron chi connectivity index (χ1n) is 7.03. The van der Waals surface area contributed by atoms with Crippen LogP contribution in [-0.4, -0.2) is 67.2 Å². The van der Waals surface area contributed by atoms with Gasteiger partial charge in [0.1, 0.15) is 0 Å². The standard InChI is InChI=1S/C15H21N3O3/c1-16(2)13-6-4-12(5-7-13)14(19)17-8-3-9-18(11-10-17)15(20)21/h4-7H,3,8-11H2,1-2H3,(H,20,21). The fourth-order valence-corrected chi connectivity index (χ4v) is 2.40. The Morgan fingerprint density at radius 3 is 2.14 bits per heavy atom. The number of benzene rings is 1. The summed E-state index contributed by atoms with van der Waals surface area (Å²) in [5.74, 6) is -0.0347. The molecule has 6 nitrogen and oxygen atoms in total. The Kier molecular flexibility index (Phi) is 4.67. The fraction of sp³-hybridized carbons (Fsp3) is 0.467. The van der Waals surface area contributed by atoms with Gasteiger partial charge in [-0.1, -0.05) is 0 Å². The predicted octanol–water partition coefficient (Wildman–Crippen LogP) is 1.58. The molecule has 1 aliphatic heterocycles. The molecule has 0 atom stereocenters.